The van der Waals surface area contributed by atoms with Gasteiger partial charge in [0.2, 0.25) is 0 Å². The minimum Gasteiger partial charge on any atom is -0.480 e. The number of phosphoric acid groups is 1. The summed E-state index contributed by atoms with van der Waals surface area (Å²) in [6.07, 6.45) is 49.8. The van der Waals surface area contributed by atoms with Crippen molar-refractivity contribution in [1.82, 2.24) is 0 Å². The number of carbonyl (C=O) groups is 3. The highest BCUT2D eigenvalue weighted by Crippen LogP contribution is 2.43. The first-order valence-electron chi connectivity index (χ1n) is 22.5. The zero-order valence-electron chi connectivity index (χ0n) is 36.6. The van der Waals surface area contributed by atoms with Crippen LogP contribution in [0.1, 0.15) is 174 Å². The summed E-state index contributed by atoms with van der Waals surface area (Å²) in [6, 6.07) is -1.53. The number of unbranched alkanes of at least 4 members (excludes halogenated alkanes) is 15. The molecule has 0 aromatic heterocycles. The van der Waals surface area contributed by atoms with Crippen molar-refractivity contribution < 1.29 is 47.5 Å². The number of ether oxygens (including phenoxy) is 2. The van der Waals surface area contributed by atoms with E-state index in [1.54, 1.807) is 0 Å². The summed E-state index contributed by atoms with van der Waals surface area (Å²) in [6.45, 7) is 2.62. The number of aliphatic carboxylic acids is 1. The summed E-state index contributed by atoms with van der Waals surface area (Å²) in [5.74, 6) is -2.49. The summed E-state index contributed by atoms with van der Waals surface area (Å²) in [4.78, 5) is 46.0. The SMILES string of the molecule is CC/C=C\C/C=C\C/C=C\C/C=C\C/C=C\C/C=C\CCC(=O)O[C@H](COC(=O)CCCCCCCCCCCCCCCCCC)COP(=O)(O)OC[C@H](N)C(=O)O. The first-order valence-corrected chi connectivity index (χ1v) is 24.0. The second-order valence-corrected chi connectivity index (χ2v) is 16.3. The van der Waals surface area contributed by atoms with Crippen LogP contribution in [0.2, 0.25) is 0 Å². The molecular formula is C47H80NO10P. The highest BCUT2D eigenvalue weighted by atomic mass is 31.2. The first-order chi connectivity index (χ1) is 28.6. The monoisotopic (exact) mass is 850 g/mol. The molecule has 0 saturated heterocycles. The second kappa shape index (κ2) is 41.6. The number of rotatable bonds is 41. The summed E-state index contributed by atoms with van der Waals surface area (Å²) >= 11 is 0. The molecule has 0 rings (SSSR count). The lowest BCUT2D eigenvalue weighted by Gasteiger charge is -2.20. The number of carbonyl (C=O) groups excluding carboxylic acids is 2. The van der Waals surface area contributed by atoms with Gasteiger partial charge in [-0.3, -0.25) is 23.4 Å². The minimum atomic E-state index is -4.74. The van der Waals surface area contributed by atoms with E-state index in [1.807, 2.05) is 18.2 Å². The van der Waals surface area contributed by atoms with Gasteiger partial charge in [0.15, 0.2) is 6.10 Å². The van der Waals surface area contributed by atoms with Crippen LogP contribution in [-0.4, -0.2) is 59.9 Å². The minimum absolute atomic E-state index is 0.0343. The quantitative estimate of drug-likeness (QED) is 0.0231. The average Bonchev–Trinajstić information content (AvgIpc) is 3.21. The molecule has 0 aromatic rings. The van der Waals surface area contributed by atoms with Crippen molar-refractivity contribution in [2.45, 2.75) is 187 Å². The van der Waals surface area contributed by atoms with Gasteiger partial charge in [0.05, 0.1) is 13.2 Å². The molecule has 12 heteroatoms. The Balaban J connectivity index is 4.47. The van der Waals surface area contributed by atoms with Gasteiger partial charge < -0.3 is 25.2 Å². The molecular weight excluding hydrogens is 769 g/mol. The van der Waals surface area contributed by atoms with E-state index in [0.717, 1.165) is 51.4 Å². The maximum Gasteiger partial charge on any atom is 0.472 e. The molecule has 0 radical (unpaired) electrons. The number of hydrogen-bond acceptors (Lipinski definition) is 9. The third-order valence-electron chi connectivity index (χ3n) is 9.23. The van der Waals surface area contributed by atoms with Crippen molar-refractivity contribution in [1.29, 1.82) is 0 Å². The molecule has 59 heavy (non-hydrogen) atoms. The molecule has 0 saturated carbocycles. The maximum atomic E-state index is 12.6. The van der Waals surface area contributed by atoms with E-state index in [-0.39, 0.29) is 19.4 Å². The molecule has 4 N–H and O–H groups in total. The number of hydrogen-bond donors (Lipinski definition) is 3. The van der Waals surface area contributed by atoms with Crippen LogP contribution in [0.5, 0.6) is 0 Å². The number of nitrogens with two attached hydrogens (primary N) is 1. The number of phosphoric ester groups is 1. The zero-order valence-corrected chi connectivity index (χ0v) is 37.5. The Hall–Kier alpha value is -3.08. The second-order valence-electron chi connectivity index (χ2n) is 14.8. The number of carboxylic acid groups (broad SMARTS) is 1. The third kappa shape index (κ3) is 41.4. The fourth-order valence-electron chi connectivity index (χ4n) is 5.74. The number of allylic oxidation sites excluding steroid dienone is 12. The fraction of sp³-hybridized carbons (Fsp3) is 0.681. The van der Waals surface area contributed by atoms with Crippen LogP contribution in [0.15, 0.2) is 72.9 Å². The predicted molar refractivity (Wildman–Crippen MR) is 240 cm³/mol. The first kappa shape index (κ1) is 55.9. The summed E-state index contributed by atoms with van der Waals surface area (Å²) in [5.41, 5.74) is 5.33. The molecule has 0 spiro atoms. The van der Waals surface area contributed by atoms with Gasteiger partial charge in [-0.05, 0) is 51.4 Å². The van der Waals surface area contributed by atoms with Gasteiger partial charge in [0.25, 0.3) is 0 Å². The molecule has 0 heterocycles. The average molecular weight is 850 g/mol. The highest BCUT2D eigenvalue weighted by molar-refractivity contribution is 7.47. The van der Waals surface area contributed by atoms with E-state index >= 15 is 0 Å². The van der Waals surface area contributed by atoms with Crippen LogP contribution in [-0.2, 0) is 37.5 Å². The molecule has 0 amide bonds. The fourth-order valence-corrected chi connectivity index (χ4v) is 6.52. The lowest BCUT2D eigenvalue weighted by atomic mass is 10.0. The van der Waals surface area contributed by atoms with Crippen LogP contribution < -0.4 is 5.73 Å². The van der Waals surface area contributed by atoms with E-state index in [0.29, 0.717) is 19.3 Å². The van der Waals surface area contributed by atoms with Crippen molar-refractivity contribution >= 4 is 25.7 Å². The molecule has 0 bridgehead atoms. The van der Waals surface area contributed by atoms with Crippen LogP contribution in [0, 0.1) is 0 Å². The van der Waals surface area contributed by atoms with Gasteiger partial charge >= 0.3 is 25.7 Å². The van der Waals surface area contributed by atoms with Gasteiger partial charge in [0.1, 0.15) is 12.6 Å². The summed E-state index contributed by atoms with van der Waals surface area (Å²) in [7, 11) is -4.74. The lowest BCUT2D eigenvalue weighted by Crippen LogP contribution is -2.34. The van der Waals surface area contributed by atoms with E-state index in [2.05, 4.69) is 73.1 Å². The largest absolute Gasteiger partial charge is 0.480 e. The van der Waals surface area contributed by atoms with Crippen LogP contribution in [0.25, 0.3) is 0 Å². The van der Waals surface area contributed by atoms with Crippen molar-refractivity contribution in [3.8, 4) is 0 Å². The molecule has 0 aliphatic heterocycles. The van der Waals surface area contributed by atoms with E-state index in [4.69, 9.17) is 24.8 Å². The molecule has 11 nitrogen and oxygen atoms in total. The van der Waals surface area contributed by atoms with Crippen molar-refractivity contribution in [2.24, 2.45) is 5.73 Å². The molecule has 0 aliphatic carbocycles. The Kier molecular flexibility index (Phi) is 39.5. The van der Waals surface area contributed by atoms with Gasteiger partial charge in [-0.15, -0.1) is 0 Å². The van der Waals surface area contributed by atoms with Crippen LogP contribution >= 0.6 is 7.82 Å². The predicted octanol–water partition coefficient (Wildman–Crippen LogP) is 12.1. The Labute approximate surface area is 357 Å². The third-order valence-corrected chi connectivity index (χ3v) is 10.2. The molecule has 0 aliphatic rings. The van der Waals surface area contributed by atoms with Gasteiger partial charge in [0, 0.05) is 12.8 Å². The topological polar surface area (TPSA) is 172 Å². The van der Waals surface area contributed by atoms with Crippen LogP contribution in [0.3, 0.4) is 0 Å². The molecule has 0 aromatic carbocycles. The molecule has 0 fully saturated rings. The summed E-state index contributed by atoms with van der Waals surface area (Å²) < 4.78 is 32.6. The Bertz CT molecular complexity index is 1280. The summed E-state index contributed by atoms with van der Waals surface area (Å²) in [5, 5.41) is 8.89. The Morgan fingerprint density at radius 3 is 1.39 bits per heavy atom. The lowest BCUT2D eigenvalue weighted by molar-refractivity contribution is -0.161. The van der Waals surface area contributed by atoms with E-state index < -0.39 is 51.1 Å². The maximum absolute atomic E-state index is 12.6. The smallest absolute Gasteiger partial charge is 0.472 e. The van der Waals surface area contributed by atoms with Gasteiger partial charge in [-0.1, -0.05) is 183 Å². The molecule has 1 unspecified atom stereocenters. The van der Waals surface area contributed by atoms with E-state index in [1.165, 1.54) is 77.0 Å². The normalized spacial score (nSPS) is 14.4. The van der Waals surface area contributed by atoms with Gasteiger partial charge in [-0.25, -0.2) is 4.57 Å². The zero-order chi connectivity index (χ0) is 43.5. The highest BCUT2D eigenvalue weighted by Gasteiger charge is 2.28. The Morgan fingerprint density at radius 1 is 0.542 bits per heavy atom. The standard InChI is InChI=1S/C47H80NO10P/c1-3-5-7-9-11-13-15-17-19-21-22-23-25-27-29-31-33-35-37-39-46(50)58-43(41-56-59(53,54)57-42-44(48)47(51)52)40-55-45(49)38-36-34-32-30-28-26-24-20-18-16-14-12-10-8-6-4-2/h5,7,11,13,17,19,22-23,27,29,33,35,43-44H,3-4,6,8-10,12,14-16,18,20-21,24-26,28,30-32,34,36-42,48H2,1-2H3,(H,51,52)(H,53,54)/b7-5-,13-11-,19-17-,23-22-,29-27-,35-33-/t43-,44+/m1/s1. The molecule has 338 valence electrons. The van der Waals surface area contributed by atoms with Gasteiger partial charge in [-0.2, -0.15) is 0 Å². The van der Waals surface area contributed by atoms with Crippen molar-refractivity contribution in [3.63, 3.8) is 0 Å². The number of esters is 2. The van der Waals surface area contributed by atoms with Crippen molar-refractivity contribution in [2.75, 3.05) is 19.8 Å². The van der Waals surface area contributed by atoms with Crippen LogP contribution in [0.4, 0.5) is 0 Å². The number of carboxylic acids is 1. The molecule has 3 atom stereocenters. The van der Waals surface area contributed by atoms with E-state index in [9.17, 15) is 23.8 Å². The Morgan fingerprint density at radius 2 is 0.949 bits per heavy atom. The van der Waals surface area contributed by atoms with Crippen molar-refractivity contribution in [3.05, 3.63) is 72.9 Å².